The van der Waals surface area contributed by atoms with Gasteiger partial charge in [-0.1, -0.05) is 19.3 Å². The van der Waals surface area contributed by atoms with E-state index in [4.69, 9.17) is 13.3 Å². The van der Waals surface area contributed by atoms with Gasteiger partial charge >= 0.3 is 9.53 Å². The highest BCUT2D eigenvalue weighted by Crippen LogP contribution is 2.16. The van der Waals surface area contributed by atoms with Crippen LogP contribution >= 0.6 is 0 Å². The summed E-state index contributed by atoms with van der Waals surface area (Å²) in [6.07, 6.45) is 7.13. The van der Waals surface area contributed by atoms with Gasteiger partial charge in [0.05, 0.1) is 0 Å². The molecule has 0 unspecified atom stereocenters. The molecule has 0 radical (unpaired) electrons. The van der Waals surface area contributed by atoms with Crippen molar-refractivity contribution in [2.75, 3.05) is 28.4 Å². The lowest BCUT2D eigenvalue weighted by molar-refractivity contribution is 0.163. The SMILES string of the molecule is CNC1CCCCC1.CO[SiH](OC)OC. The Morgan fingerprint density at radius 3 is 1.60 bits per heavy atom. The first-order chi connectivity index (χ1) is 7.28. The molecule has 92 valence electrons. The summed E-state index contributed by atoms with van der Waals surface area (Å²) in [5.41, 5.74) is 0. The van der Waals surface area contributed by atoms with E-state index >= 15 is 0 Å². The van der Waals surface area contributed by atoms with Gasteiger partial charge in [-0.05, 0) is 19.9 Å². The molecule has 1 aliphatic rings. The normalized spacial score (nSPS) is 17.4. The van der Waals surface area contributed by atoms with Gasteiger partial charge in [0.25, 0.3) is 0 Å². The quantitative estimate of drug-likeness (QED) is 0.743. The average Bonchev–Trinajstić information content (AvgIpc) is 2.33. The van der Waals surface area contributed by atoms with Crippen LogP contribution in [0.5, 0.6) is 0 Å². The number of hydrogen-bond acceptors (Lipinski definition) is 4. The molecule has 0 atom stereocenters. The zero-order chi connectivity index (χ0) is 11.5. The molecular formula is C10H25NO3Si. The fourth-order valence-electron chi connectivity index (χ4n) is 1.68. The lowest BCUT2D eigenvalue weighted by Gasteiger charge is -2.20. The third-order valence-electron chi connectivity index (χ3n) is 2.59. The van der Waals surface area contributed by atoms with Crippen molar-refractivity contribution in [1.82, 2.24) is 5.32 Å². The summed E-state index contributed by atoms with van der Waals surface area (Å²) in [7, 11) is 5.11. The number of rotatable bonds is 4. The van der Waals surface area contributed by atoms with Gasteiger partial charge in [-0.3, -0.25) is 0 Å². The minimum Gasteiger partial charge on any atom is -0.379 e. The molecule has 0 aromatic heterocycles. The summed E-state index contributed by atoms with van der Waals surface area (Å²) >= 11 is 0. The van der Waals surface area contributed by atoms with E-state index in [0.717, 1.165) is 6.04 Å². The molecule has 0 heterocycles. The van der Waals surface area contributed by atoms with Gasteiger partial charge in [-0.25, -0.2) is 0 Å². The zero-order valence-electron chi connectivity index (χ0n) is 10.4. The Morgan fingerprint density at radius 2 is 1.40 bits per heavy atom. The van der Waals surface area contributed by atoms with Gasteiger partial charge in [0.1, 0.15) is 0 Å². The second kappa shape index (κ2) is 10.6. The Bertz CT molecular complexity index is 122. The van der Waals surface area contributed by atoms with Gasteiger partial charge < -0.3 is 18.6 Å². The molecule has 0 amide bonds. The first-order valence-corrected chi connectivity index (χ1v) is 6.95. The third kappa shape index (κ3) is 7.93. The summed E-state index contributed by atoms with van der Waals surface area (Å²) in [5.74, 6) is 0. The maximum absolute atomic E-state index is 4.74. The predicted molar refractivity (Wildman–Crippen MR) is 64.1 cm³/mol. The van der Waals surface area contributed by atoms with Crippen LogP contribution < -0.4 is 5.32 Å². The molecule has 15 heavy (non-hydrogen) atoms. The predicted octanol–water partition coefficient (Wildman–Crippen LogP) is 1.18. The van der Waals surface area contributed by atoms with Gasteiger partial charge in [-0.2, -0.15) is 0 Å². The molecular weight excluding hydrogens is 210 g/mol. The van der Waals surface area contributed by atoms with Gasteiger partial charge in [0, 0.05) is 27.4 Å². The smallest absolute Gasteiger partial charge is 0.379 e. The van der Waals surface area contributed by atoms with Crippen molar-refractivity contribution in [2.45, 2.75) is 38.1 Å². The van der Waals surface area contributed by atoms with Crippen molar-refractivity contribution in [3.8, 4) is 0 Å². The van der Waals surface area contributed by atoms with E-state index < -0.39 is 9.53 Å². The topological polar surface area (TPSA) is 39.7 Å². The Labute approximate surface area is 95.3 Å². The Morgan fingerprint density at radius 1 is 0.933 bits per heavy atom. The van der Waals surface area contributed by atoms with E-state index in [9.17, 15) is 0 Å². The molecule has 0 aromatic rings. The summed E-state index contributed by atoms with van der Waals surface area (Å²) in [6, 6.07) is 0.837. The monoisotopic (exact) mass is 235 g/mol. The Kier molecular flexibility index (Phi) is 10.6. The van der Waals surface area contributed by atoms with Crippen LogP contribution in [0.1, 0.15) is 32.1 Å². The highest BCUT2D eigenvalue weighted by molar-refractivity contribution is 6.36. The largest absolute Gasteiger partial charge is 0.483 e. The molecule has 1 fully saturated rings. The summed E-state index contributed by atoms with van der Waals surface area (Å²) in [5, 5.41) is 3.30. The Balaban J connectivity index is 0.000000265. The molecule has 1 aliphatic carbocycles. The maximum atomic E-state index is 4.74. The van der Waals surface area contributed by atoms with E-state index in [1.54, 1.807) is 21.3 Å². The number of nitrogens with one attached hydrogen (secondary N) is 1. The van der Waals surface area contributed by atoms with Crippen molar-refractivity contribution < 1.29 is 13.3 Å². The second-order valence-electron chi connectivity index (χ2n) is 3.62. The van der Waals surface area contributed by atoms with E-state index in [0.29, 0.717) is 0 Å². The van der Waals surface area contributed by atoms with Gasteiger partial charge in [-0.15, -0.1) is 0 Å². The van der Waals surface area contributed by atoms with E-state index in [2.05, 4.69) is 12.4 Å². The molecule has 1 N–H and O–H groups in total. The first-order valence-electron chi connectivity index (χ1n) is 5.54. The van der Waals surface area contributed by atoms with Crippen molar-refractivity contribution >= 4 is 9.53 Å². The van der Waals surface area contributed by atoms with Gasteiger partial charge in [0.15, 0.2) is 0 Å². The minimum atomic E-state index is -1.67. The standard InChI is InChI=1S/C7H15N.C3H10O3Si/c1-8-7-5-3-2-4-6-7;1-4-7(5-2)6-3/h7-8H,2-6H2,1H3;7H,1-3H3. The average molecular weight is 235 g/mol. The summed E-state index contributed by atoms with van der Waals surface area (Å²) in [4.78, 5) is 0. The van der Waals surface area contributed by atoms with Crippen LogP contribution in [0, 0.1) is 0 Å². The van der Waals surface area contributed by atoms with Gasteiger partial charge in [0.2, 0.25) is 0 Å². The van der Waals surface area contributed by atoms with E-state index in [-0.39, 0.29) is 0 Å². The van der Waals surface area contributed by atoms with E-state index in [1.165, 1.54) is 32.1 Å². The highest BCUT2D eigenvalue weighted by Gasteiger charge is 2.09. The number of hydrogen-bond donors (Lipinski definition) is 1. The van der Waals surface area contributed by atoms with Crippen LogP contribution in [0.4, 0.5) is 0 Å². The van der Waals surface area contributed by atoms with Crippen molar-refractivity contribution in [2.24, 2.45) is 0 Å². The molecule has 0 spiro atoms. The first kappa shape index (κ1) is 15.1. The fourth-order valence-corrected chi connectivity index (χ4v) is 2.26. The fraction of sp³-hybridized carbons (Fsp3) is 1.00. The van der Waals surface area contributed by atoms with E-state index in [1.807, 2.05) is 0 Å². The molecule has 0 bridgehead atoms. The molecule has 0 saturated heterocycles. The van der Waals surface area contributed by atoms with Crippen molar-refractivity contribution in [3.63, 3.8) is 0 Å². The lowest BCUT2D eigenvalue weighted by atomic mass is 9.96. The summed E-state index contributed by atoms with van der Waals surface area (Å²) in [6.45, 7) is 0. The van der Waals surface area contributed by atoms with Crippen molar-refractivity contribution in [1.29, 1.82) is 0 Å². The van der Waals surface area contributed by atoms with Crippen LogP contribution in [0.2, 0.25) is 0 Å². The molecule has 0 aromatic carbocycles. The molecule has 4 nitrogen and oxygen atoms in total. The third-order valence-corrected chi connectivity index (χ3v) is 3.75. The Hall–Kier alpha value is 0.0569. The lowest BCUT2D eigenvalue weighted by Crippen LogP contribution is -2.26. The van der Waals surface area contributed by atoms with Crippen LogP contribution in [-0.2, 0) is 13.3 Å². The van der Waals surface area contributed by atoms with Crippen LogP contribution in [0.25, 0.3) is 0 Å². The molecule has 0 aliphatic heterocycles. The van der Waals surface area contributed by atoms with Crippen LogP contribution in [0.15, 0.2) is 0 Å². The summed E-state index contributed by atoms with van der Waals surface area (Å²) < 4.78 is 14.2. The molecule has 5 heteroatoms. The minimum absolute atomic E-state index is 0.837. The zero-order valence-corrected chi connectivity index (χ0v) is 11.6. The molecule has 1 saturated carbocycles. The highest BCUT2D eigenvalue weighted by atomic mass is 28.3. The second-order valence-corrected chi connectivity index (χ2v) is 5.61. The molecule has 1 rings (SSSR count). The van der Waals surface area contributed by atoms with Crippen molar-refractivity contribution in [3.05, 3.63) is 0 Å². The maximum Gasteiger partial charge on any atom is 0.483 e. The van der Waals surface area contributed by atoms with Crippen LogP contribution in [-0.4, -0.2) is 43.9 Å². The van der Waals surface area contributed by atoms with Crippen LogP contribution in [0.3, 0.4) is 0 Å².